The highest BCUT2D eigenvalue weighted by atomic mass is 32.1. The molecule has 4 aromatic rings. The number of amides is 1. The van der Waals surface area contributed by atoms with Crippen LogP contribution in [0.4, 0.5) is 5.69 Å². The van der Waals surface area contributed by atoms with Crippen LogP contribution in [0.3, 0.4) is 0 Å². The van der Waals surface area contributed by atoms with E-state index in [2.05, 4.69) is 61.0 Å². The molecule has 8 heteroatoms. The number of benzene rings is 2. The number of morpholine rings is 1. The van der Waals surface area contributed by atoms with E-state index in [-0.39, 0.29) is 11.9 Å². The van der Waals surface area contributed by atoms with E-state index in [0.717, 1.165) is 92.2 Å². The third kappa shape index (κ3) is 4.95. The third-order valence-electron chi connectivity index (χ3n) is 7.15. The van der Waals surface area contributed by atoms with Crippen LogP contribution in [0.5, 0.6) is 0 Å². The second kappa shape index (κ2) is 10.5. The first-order chi connectivity index (χ1) is 17.7. The lowest BCUT2D eigenvalue weighted by atomic mass is 10.0. The van der Waals surface area contributed by atoms with Gasteiger partial charge in [-0.25, -0.2) is 0 Å². The molecule has 2 fully saturated rings. The van der Waals surface area contributed by atoms with Gasteiger partial charge in [-0.05, 0) is 78.2 Å². The summed E-state index contributed by atoms with van der Waals surface area (Å²) in [5.41, 5.74) is 6.05. The highest BCUT2D eigenvalue weighted by Crippen LogP contribution is 2.31. The fourth-order valence-corrected chi connectivity index (χ4v) is 5.99. The standard InChI is InChI=1S/C28H31N5O2S/c34-28(27(22-8-15-36-19-22)33-9-1-2-10-33)29-23-6-7-25-24(17-23)26(31-30-25)21-5-3-4-20(16-21)18-32-11-13-35-14-12-32/h3-8,15-17,19,27H,1-2,9-14,18H2,(H,29,34)(H,30,31). The average molecular weight is 502 g/mol. The molecule has 6 rings (SSSR count). The minimum absolute atomic E-state index is 0.0206. The van der Waals surface area contributed by atoms with Crippen molar-refractivity contribution in [1.82, 2.24) is 20.0 Å². The molecule has 186 valence electrons. The Balaban J connectivity index is 1.25. The average Bonchev–Trinajstić information content (AvgIpc) is 3.68. The molecule has 0 aliphatic carbocycles. The van der Waals surface area contributed by atoms with Crippen LogP contribution >= 0.6 is 11.3 Å². The zero-order valence-corrected chi connectivity index (χ0v) is 21.1. The van der Waals surface area contributed by atoms with Crippen LogP contribution in [0.15, 0.2) is 59.3 Å². The normalized spacial score (nSPS) is 18.0. The molecule has 7 nitrogen and oxygen atoms in total. The number of H-pyrrole nitrogens is 1. The van der Waals surface area contributed by atoms with Crippen molar-refractivity contribution in [2.75, 3.05) is 44.7 Å². The number of hydrogen-bond donors (Lipinski definition) is 2. The molecule has 0 saturated carbocycles. The third-order valence-corrected chi connectivity index (χ3v) is 7.86. The number of hydrogen-bond acceptors (Lipinski definition) is 6. The predicted octanol–water partition coefficient (Wildman–Crippen LogP) is 4.90. The molecule has 1 atom stereocenters. The Kier molecular flexibility index (Phi) is 6.83. The van der Waals surface area contributed by atoms with Gasteiger partial charge in [0.1, 0.15) is 6.04 Å². The van der Waals surface area contributed by atoms with Crippen LogP contribution in [-0.2, 0) is 16.1 Å². The number of likely N-dealkylation sites (tertiary alicyclic amines) is 1. The zero-order valence-electron chi connectivity index (χ0n) is 20.3. The van der Waals surface area contributed by atoms with Crippen molar-refractivity contribution in [3.63, 3.8) is 0 Å². The molecular weight excluding hydrogens is 470 g/mol. The molecule has 2 aromatic carbocycles. The number of nitrogens with zero attached hydrogens (tertiary/aromatic N) is 3. The Hall–Kier alpha value is -3.04. The van der Waals surface area contributed by atoms with Crippen LogP contribution < -0.4 is 5.32 Å². The highest BCUT2D eigenvalue weighted by Gasteiger charge is 2.30. The van der Waals surface area contributed by atoms with Gasteiger partial charge in [0.25, 0.3) is 0 Å². The van der Waals surface area contributed by atoms with Crippen LogP contribution in [-0.4, -0.2) is 65.3 Å². The number of thiophene rings is 1. The second-order valence-corrected chi connectivity index (χ2v) is 10.4. The molecule has 2 aromatic heterocycles. The van der Waals surface area contributed by atoms with E-state index in [1.807, 2.05) is 23.6 Å². The number of carbonyl (C=O) groups excluding carboxylic acids is 1. The monoisotopic (exact) mass is 501 g/mol. The van der Waals surface area contributed by atoms with Gasteiger partial charge < -0.3 is 10.1 Å². The summed E-state index contributed by atoms with van der Waals surface area (Å²) in [6.45, 7) is 6.33. The lowest BCUT2D eigenvalue weighted by Gasteiger charge is -2.26. The van der Waals surface area contributed by atoms with Gasteiger partial charge in [-0.3, -0.25) is 19.7 Å². The molecule has 2 saturated heterocycles. The Morgan fingerprint density at radius 3 is 2.75 bits per heavy atom. The topological polar surface area (TPSA) is 73.5 Å². The molecule has 2 aliphatic rings. The maximum absolute atomic E-state index is 13.5. The van der Waals surface area contributed by atoms with Crippen LogP contribution in [0.1, 0.15) is 30.0 Å². The number of fused-ring (bicyclic) bond motifs is 1. The highest BCUT2D eigenvalue weighted by molar-refractivity contribution is 7.08. The van der Waals surface area contributed by atoms with Gasteiger partial charge in [0, 0.05) is 36.3 Å². The number of anilines is 1. The molecule has 2 N–H and O–H groups in total. The van der Waals surface area contributed by atoms with Gasteiger partial charge in [-0.15, -0.1) is 0 Å². The molecule has 2 aliphatic heterocycles. The van der Waals surface area contributed by atoms with Gasteiger partial charge in [0.05, 0.1) is 24.4 Å². The molecule has 1 amide bonds. The number of aromatic nitrogens is 2. The summed E-state index contributed by atoms with van der Waals surface area (Å²) in [6.07, 6.45) is 2.28. The van der Waals surface area contributed by atoms with Crippen molar-refractivity contribution >= 4 is 33.8 Å². The summed E-state index contributed by atoms with van der Waals surface area (Å²) in [7, 11) is 0. The fourth-order valence-electron chi connectivity index (χ4n) is 5.32. The van der Waals surface area contributed by atoms with Crippen molar-refractivity contribution in [2.24, 2.45) is 0 Å². The van der Waals surface area contributed by atoms with E-state index >= 15 is 0 Å². The molecule has 4 heterocycles. The smallest absolute Gasteiger partial charge is 0.246 e. The summed E-state index contributed by atoms with van der Waals surface area (Å²) < 4.78 is 5.48. The molecule has 1 unspecified atom stereocenters. The Labute approximate surface area is 215 Å². The van der Waals surface area contributed by atoms with Crippen molar-refractivity contribution in [3.05, 3.63) is 70.4 Å². The Bertz CT molecular complexity index is 1320. The molecule has 0 radical (unpaired) electrons. The first-order valence-electron chi connectivity index (χ1n) is 12.7. The van der Waals surface area contributed by atoms with Crippen molar-refractivity contribution < 1.29 is 9.53 Å². The van der Waals surface area contributed by atoms with Crippen LogP contribution in [0, 0.1) is 0 Å². The molecule has 0 bridgehead atoms. The van der Waals surface area contributed by atoms with E-state index < -0.39 is 0 Å². The van der Waals surface area contributed by atoms with E-state index in [0.29, 0.717) is 0 Å². The van der Waals surface area contributed by atoms with Crippen LogP contribution in [0.25, 0.3) is 22.2 Å². The fraction of sp³-hybridized carbons (Fsp3) is 0.357. The number of rotatable bonds is 7. The summed E-state index contributed by atoms with van der Waals surface area (Å²) in [4.78, 5) is 18.2. The van der Waals surface area contributed by atoms with Gasteiger partial charge in [0.2, 0.25) is 5.91 Å². The zero-order chi connectivity index (χ0) is 24.3. The van der Waals surface area contributed by atoms with Crippen molar-refractivity contribution in [3.8, 4) is 11.3 Å². The lowest BCUT2D eigenvalue weighted by molar-refractivity contribution is -0.121. The minimum Gasteiger partial charge on any atom is -0.379 e. The van der Waals surface area contributed by atoms with Crippen molar-refractivity contribution in [1.29, 1.82) is 0 Å². The summed E-state index contributed by atoms with van der Waals surface area (Å²) in [5, 5.41) is 16.1. The molecule has 0 spiro atoms. The number of nitrogens with one attached hydrogen (secondary N) is 2. The number of carbonyl (C=O) groups is 1. The van der Waals surface area contributed by atoms with E-state index in [4.69, 9.17) is 4.74 Å². The van der Waals surface area contributed by atoms with E-state index in [1.165, 1.54) is 5.56 Å². The van der Waals surface area contributed by atoms with Gasteiger partial charge >= 0.3 is 0 Å². The predicted molar refractivity (Wildman–Crippen MR) is 144 cm³/mol. The first kappa shape index (κ1) is 23.4. The number of aromatic amines is 1. The Morgan fingerprint density at radius 1 is 1.08 bits per heavy atom. The van der Waals surface area contributed by atoms with E-state index in [1.54, 1.807) is 11.3 Å². The SMILES string of the molecule is O=C(Nc1ccc2[nH]nc(-c3cccc(CN4CCOCC4)c3)c2c1)C(c1ccsc1)N1CCCC1. The minimum atomic E-state index is -0.255. The summed E-state index contributed by atoms with van der Waals surface area (Å²) in [6, 6.07) is 16.4. The Morgan fingerprint density at radius 2 is 1.94 bits per heavy atom. The maximum atomic E-state index is 13.5. The summed E-state index contributed by atoms with van der Waals surface area (Å²) in [5.74, 6) is 0.0206. The molecule has 36 heavy (non-hydrogen) atoms. The van der Waals surface area contributed by atoms with Gasteiger partial charge in [-0.2, -0.15) is 16.4 Å². The van der Waals surface area contributed by atoms with Gasteiger partial charge in [0.15, 0.2) is 0 Å². The maximum Gasteiger partial charge on any atom is 0.246 e. The number of ether oxygens (including phenoxy) is 1. The quantitative estimate of drug-likeness (QED) is 0.377. The van der Waals surface area contributed by atoms with Crippen molar-refractivity contribution in [2.45, 2.75) is 25.4 Å². The largest absolute Gasteiger partial charge is 0.379 e. The lowest BCUT2D eigenvalue weighted by Crippen LogP contribution is -2.35. The van der Waals surface area contributed by atoms with Gasteiger partial charge in [-0.1, -0.05) is 18.2 Å². The first-order valence-corrected chi connectivity index (χ1v) is 13.6. The second-order valence-electron chi connectivity index (χ2n) is 9.61. The summed E-state index contributed by atoms with van der Waals surface area (Å²) >= 11 is 1.64. The molecular formula is C28H31N5O2S. The van der Waals surface area contributed by atoms with Crippen LogP contribution in [0.2, 0.25) is 0 Å². The van der Waals surface area contributed by atoms with E-state index in [9.17, 15) is 4.79 Å².